The molecule has 54 heavy (non-hydrogen) atoms. The lowest BCUT2D eigenvalue weighted by Crippen LogP contribution is -2.79. The molecular weight excluding hydrogens is 744 g/mol. The molecule has 2 amide bonds. The van der Waals surface area contributed by atoms with Crippen molar-refractivity contribution in [3.63, 3.8) is 0 Å². The lowest BCUT2D eigenvalue weighted by atomic mass is 9.44. The summed E-state index contributed by atoms with van der Waals surface area (Å²) in [5.74, 6) is -4.34. The van der Waals surface area contributed by atoms with Gasteiger partial charge in [0.2, 0.25) is 0 Å². The number of alkyl halides is 6. The van der Waals surface area contributed by atoms with Crippen molar-refractivity contribution >= 4 is 18.3 Å². The summed E-state index contributed by atoms with van der Waals surface area (Å²) in [5.41, 5.74) is -0.973. The van der Waals surface area contributed by atoms with Crippen LogP contribution in [0, 0.1) is 11.6 Å². The minimum Gasteiger partial charge on any atom is -0.403 e. The highest BCUT2D eigenvalue weighted by molar-refractivity contribution is 5.88. The maximum absolute atomic E-state index is 14.2. The van der Waals surface area contributed by atoms with Crippen LogP contribution >= 0.6 is 0 Å². The molecule has 13 nitrogen and oxygen atoms in total. The van der Waals surface area contributed by atoms with Gasteiger partial charge in [0.25, 0.3) is 0 Å². The number of ether oxygens (including phenoxy) is 4. The molecule has 0 radical (unpaired) electrons. The van der Waals surface area contributed by atoms with Crippen LogP contribution in [0.5, 0.6) is 11.5 Å². The first-order chi connectivity index (χ1) is 25.3. The number of alkyl carbamates (subject to hydrolysis) is 2. The monoisotopic (exact) mass is 768 g/mol. The number of aromatic nitrogens is 4. The molecular formula is C33H24F8N6O7. The number of amides is 2. The molecule has 0 spiro atoms. The molecule has 6 saturated carbocycles. The highest BCUT2D eigenvalue weighted by atomic mass is 19.4. The van der Waals surface area contributed by atoms with Crippen molar-refractivity contribution in [3.05, 3.63) is 72.8 Å². The summed E-state index contributed by atoms with van der Waals surface area (Å²) in [6, 6.07) is 6.03. The number of rotatable bonds is 8. The van der Waals surface area contributed by atoms with E-state index in [0.29, 0.717) is 49.7 Å². The Hall–Kier alpha value is -5.89. The molecule has 2 aromatic carbocycles. The van der Waals surface area contributed by atoms with Crippen LogP contribution in [0.2, 0.25) is 0 Å². The van der Waals surface area contributed by atoms with E-state index < -0.39 is 76.4 Å². The summed E-state index contributed by atoms with van der Waals surface area (Å²) in [7, 11) is 0. The number of halogens is 8. The van der Waals surface area contributed by atoms with Crippen LogP contribution in [-0.2, 0) is 20.6 Å². The molecule has 2 heterocycles. The SMILES string of the molecule is O=C(NC12CC(n3cc(-c4ccc(OC(F)(F)F)c(F)c4)cn3)(C1)C2)OC(=O)OC(=O)NC12CC(n3cc(-c4ccc(OC(F)(F)F)c(F)c4)cn3)(C1)C2. The third-order valence-electron chi connectivity index (χ3n) is 10.2. The van der Waals surface area contributed by atoms with Crippen LogP contribution in [0.1, 0.15) is 38.5 Å². The zero-order valence-electron chi connectivity index (χ0n) is 27.2. The van der Waals surface area contributed by atoms with Gasteiger partial charge in [-0.1, -0.05) is 12.1 Å². The van der Waals surface area contributed by atoms with Gasteiger partial charge >= 0.3 is 31.1 Å². The second kappa shape index (κ2) is 11.6. The largest absolute Gasteiger partial charge is 0.573 e. The molecule has 4 bridgehead atoms. The maximum atomic E-state index is 14.2. The second-order valence-corrected chi connectivity index (χ2v) is 14.1. The smallest absolute Gasteiger partial charge is 0.403 e. The molecule has 0 saturated heterocycles. The minimum atomic E-state index is -5.04. The third kappa shape index (κ3) is 6.29. The third-order valence-corrected chi connectivity index (χ3v) is 10.2. The van der Waals surface area contributed by atoms with Gasteiger partial charge in [-0.15, -0.1) is 26.3 Å². The van der Waals surface area contributed by atoms with Crippen LogP contribution in [0.15, 0.2) is 61.2 Å². The van der Waals surface area contributed by atoms with Crippen LogP contribution in [-0.4, -0.2) is 61.7 Å². The molecule has 4 aromatic rings. The van der Waals surface area contributed by atoms with Crippen molar-refractivity contribution in [1.29, 1.82) is 0 Å². The maximum Gasteiger partial charge on any atom is 0.573 e. The Morgan fingerprint density at radius 2 is 0.981 bits per heavy atom. The van der Waals surface area contributed by atoms with Crippen molar-refractivity contribution in [2.45, 2.75) is 73.4 Å². The van der Waals surface area contributed by atoms with Crippen molar-refractivity contribution in [2.24, 2.45) is 0 Å². The van der Waals surface area contributed by atoms with Gasteiger partial charge in [0.05, 0.1) is 34.5 Å². The van der Waals surface area contributed by atoms with Crippen molar-refractivity contribution in [2.75, 3.05) is 0 Å². The Balaban J connectivity index is 0.772. The van der Waals surface area contributed by atoms with Crippen LogP contribution in [0.4, 0.5) is 49.5 Å². The number of hydrogen-bond acceptors (Lipinski definition) is 9. The number of benzene rings is 2. The summed E-state index contributed by atoms with van der Waals surface area (Å²) < 4.78 is 123. The normalized spacial score (nSPS) is 26.2. The molecule has 2 aromatic heterocycles. The summed E-state index contributed by atoms with van der Waals surface area (Å²) in [5, 5.41) is 13.8. The van der Waals surface area contributed by atoms with Crippen molar-refractivity contribution in [1.82, 2.24) is 30.2 Å². The molecule has 10 rings (SSSR count). The molecule has 0 atom stereocenters. The predicted octanol–water partition coefficient (Wildman–Crippen LogP) is 7.02. The summed E-state index contributed by atoms with van der Waals surface area (Å²) in [6.45, 7) is 0. The first-order valence-corrected chi connectivity index (χ1v) is 16.0. The van der Waals surface area contributed by atoms with Crippen LogP contribution in [0.3, 0.4) is 0 Å². The zero-order valence-corrected chi connectivity index (χ0v) is 27.2. The van der Waals surface area contributed by atoms with E-state index >= 15 is 0 Å². The Morgan fingerprint density at radius 1 is 0.611 bits per heavy atom. The summed E-state index contributed by atoms with van der Waals surface area (Å²) in [4.78, 5) is 37.0. The molecule has 2 N–H and O–H groups in total. The quantitative estimate of drug-likeness (QED) is 0.110. The second-order valence-electron chi connectivity index (χ2n) is 14.1. The molecule has 0 unspecified atom stereocenters. The molecule has 0 aliphatic heterocycles. The lowest BCUT2D eigenvalue weighted by Gasteiger charge is -2.69. The molecule has 6 fully saturated rings. The van der Waals surface area contributed by atoms with Gasteiger partial charge in [-0.25, -0.2) is 23.2 Å². The Labute approximate surface area is 297 Å². The topological polar surface area (TPSA) is 148 Å². The zero-order chi connectivity index (χ0) is 38.5. The van der Waals surface area contributed by atoms with Crippen LogP contribution < -0.4 is 20.1 Å². The number of nitrogens with zero attached hydrogens (tertiary/aromatic N) is 4. The van der Waals surface area contributed by atoms with Gasteiger partial charge in [0, 0.05) is 23.5 Å². The number of carbonyl (C=O) groups is 3. The van der Waals surface area contributed by atoms with Crippen molar-refractivity contribution < 1.29 is 68.5 Å². The van der Waals surface area contributed by atoms with E-state index in [1.165, 1.54) is 24.5 Å². The average molecular weight is 769 g/mol. The van der Waals surface area contributed by atoms with E-state index in [1.54, 1.807) is 21.8 Å². The number of hydrogen-bond donors (Lipinski definition) is 2. The average Bonchev–Trinajstić information content (AvgIpc) is 3.67. The fourth-order valence-corrected chi connectivity index (χ4v) is 8.11. The van der Waals surface area contributed by atoms with Crippen molar-refractivity contribution in [3.8, 4) is 33.8 Å². The molecule has 284 valence electrons. The van der Waals surface area contributed by atoms with Gasteiger partial charge in [-0.05, 0) is 73.9 Å². The van der Waals surface area contributed by atoms with Gasteiger partial charge in [-0.3, -0.25) is 9.36 Å². The first kappa shape index (κ1) is 35.2. The van der Waals surface area contributed by atoms with E-state index in [0.717, 1.165) is 24.3 Å². The highest BCUT2D eigenvalue weighted by Crippen LogP contribution is 2.66. The van der Waals surface area contributed by atoms with Crippen LogP contribution in [0.25, 0.3) is 22.3 Å². The Bertz CT molecular complexity index is 2020. The first-order valence-electron chi connectivity index (χ1n) is 16.0. The number of nitrogens with one attached hydrogen (secondary N) is 2. The summed E-state index contributed by atoms with van der Waals surface area (Å²) >= 11 is 0. The Kier molecular flexibility index (Phi) is 7.52. The fraction of sp³-hybridized carbons (Fsp3) is 0.364. The van der Waals surface area contributed by atoms with E-state index in [1.807, 2.05) is 0 Å². The fourth-order valence-electron chi connectivity index (χ4n) is 8.11. The predicted molar refractivity (Wildman–Crippen MR) is 162 cm³/mol. The molecule has 21 heteroatoms. The van der Waals surface area contributed by atoms with Gasteiger partial charge in [0.1, 0.15) is 0 Å². The van der Waals surface area contributed by atoms with E-state index in [4.69, 9.17) is 0 Å². The molecule has 6 aliphatic rings. The van der Waals surface area contributed by atoms with E-state index in [-0.39, 0.29) is 11.1 Å². The van der Waals surface area contributed by atoms with Gasteiger partial charge in [0.15, 0.2) is 23.1 Å². The van der Waals surface area contributed by atoms with Gasteiger partial charge in [-0.2, -0.15) is 10.2 Å². The highest BCUT2D eigenvalue weighted by Gasteiger charge is 2.71. The Morgan fingerprint density at radius 3 is 1.31 bits per heavy atom. The summed E-state index contributed by atoms with van der Waals surface area (Å²) in [6.07, 6.45) is -5.46. The lowest BCUT2D eigenvalue weighted by molar-refractivity contribution is -0.276. The minimum absolute atomic E-state index is 0.270. The standard InChI is InChI=1S/C33H24F8N6O7/c34-21-5-17(1-3-23(21)53-32(36,37)38)19-7-42-46(9-19)30-11-28(12-30,13-30)44-25(48)51-27(50)52-26(49)45-29-14-31(15-29,16-29)47-10-20(8-43-47)18-2-4-24(22(35)6-18)54-33(39,40)41/h1-10H,11-16H2,(H,44,48)(H,45,49). The van der Waals surface area contributed by atoms with E-state index in [2.05, 4.69) is 39.8 Å². The molecule has 6 aliphatic carbocycles. The number of carbonyl (C=O) groups excluding carboxylic acids is 3. The van der Waals surface area contributed by atoms with Gasteiger partial charge < -0.3 is 29.6 Å². The van der Waals surface area contributed by atoms with E-state index in [9.17, 15) is 49.5 Å².